The lowest BCUT2D eigenvalue weighted by molar-refractivity contribution is -0.385. The first-order valence-electron chi connectivity index (χ1n) is 6.59. The number of methoxy groups -OCH3 is 1. The summed E-state index contributed by atoms with van der Waals surface area (Å²) in [7, 11) is 1.37. The number of hydrogen-bond donors (Lipinski definition) is 1. The molecule has 0 aliphatic rings. The minimum atomic E-state index is -0.520. The number of furan rings is 1. The van der Waals surface area contributed by atoms with Gasteiger partial charge < -0.3 is 14.9 Å². The zero-order chi connectivity index (χ0) is 17.1. The third kappa shape index (κ3) is 2.90. The van der Waals surface area contributed by atoms with Crippen molar-refractivity contribution in [1.82, 2.24) is 20.3 Å². The van der Waals surface area contributed by atoms with Gasteiger partial charge in [0.2, 0.25) is 0 Å². The van der Waals surface area contributed by atoms with Crippen LogP contribution >= 0.6 is 0 Å². The number of nitrogens with zero attached hydrogens (tertiary/aromatic N) is 6. The molecule has 2 N–H and O–H groups in total. The Morgan fingerprint density at radius 1 is 1.42 bits per heavy atom. The van der Waals surface area contributed by atoms with Gasteiger partial charge in [-0.25, -0.2) is 0 Å². The van der Waals surface area contributed by atoms with Crippen LogP contribution in [-0.2, 0) is 0 Å². The van der Waals surface area contributed by atoms with E-state index in [-0.39, 0.29) is 17.4 Å². The molecule has 0 bridgehead atoms. The second-order valence-corrected chi connectivity index (χ2v) is 4.52. The summed E-state index contributed by atoms with van der Waals surface area (Å²) in [6, 6.07) is 7.85. The average Bonchev–Trinajstić information content (AvgIpc) is 3.21. The van der Waals surface area contributed by atoms with Crippen LogP contribution in [0, 0.1) is 10.1 Å². The molecule has 3 rings (SSSR count). The van der Waals surface area contributed by atoms with Gasteiger partial charge in [-0.15, -0.1) is 0 Å². The Bertz CT molecular complexity index is 915. The molecule has 0 radical (unpaired) electrons. The molecule has 0 saturated heterocycles. The highest BCUT2D eigenvalue weighted by atomic mass is 16.6. The van der Waals surface area contributed by atoms with Crippen LogP contribution in [0.1, 0.15) is 5.76 Å². The molecule has 0 atom stereocenters. The zero-order valence-electron chi connectivity index (χ0n) is 12.4. The summed E-state index contributed by atoms with van der Waals surface area (Å²) in [6.45, 7) is 0. The first kappa shape index (κ1) is 15.1. The van der Waals surface area contributed by atoms with Crippen LogP contribution in [0.4, 0.5) is 11.6 Å². The number of tetrazole rings is 1. The average molecular weight is 329 g/mol. The Balaban J connectivity index is 1.88. The number of anilines is 1. The van der Waals surface area contributed by atoms with Crippen molar-refractivity contribution in [1.29, 1.82) is 0 Å². The van der Waals surface area contributed by atoms with Gasteiger partial charge in [0, 0.05) is 11.6 Å². The number of aromatic nitrogens is 4. The van der Waals surface area contributed by atoms with Crippen LogP contribution < -0.4 is 10.5 Å². The van der Waals surface area contributed by atoms with Crippen molar-refractivity contribution in [2.45, 2.75) is 0 Å². The fourth-order valence-electron chi connectivity index (χ4n) is 1.95. The lowest BCUT2D eigenvalue weighted by Crippen LogP contribution is -1.99. The molecule has 3 aromatic rings. The summed E-state index contributed by atoms with van der Waals surface area (Å²) in [6.07, 6.45) is 1.37. The van der Waals surface area contributed by atoms with Gasteiger partial charge >= 0.3 is 5.69 Å². The summed E-state index contributed by atoms with van der Waals surface area (Å²) in [5.74, 6) is 1.04. The van der Waals surface area contributed by atoms with Crippen LogP contribution in [0.15, 0.2) is 39.9 Å². The second-order valence-electron chi connectivity index (χ2n) is 4.52. The van der Waals surface area contributed by atoms with Gasteiger partial charge in [0.05, 0.1) is 18.2 Å². The highest BCUT2D eigenvalue weighted by Crippen LogP contribution is 2.32. The van der Waals surface area contributed by atoms with Crippen LogP contribution in [0.3, 0.4) is 0 Å². The van der Waals surface area contributed by atoms with Crippen molar-refractivity contribution in [2.24, 2.45) is 5.10 Å². The van der Waals surface area contributed by atoms with Crippen LogP contribution in [0.5, 0.6) is 5.75 Å². The smallest absolute Gasteiger partial charge is 0.311 e. The van der Waals surface area contributed by atoms with E-state index in [0.717, 1.165) is 4.79 Å². The summed E-state index contributed by atoms with van der Waals surface area (Å²) >= 11 is 0. The Morgan fingerprint density at radius 2 is 2.25 bits per heavy atom. The molecule has 1 aromatic carbocycles. The molecule has 0 spiro atoms. The van der Waals surface area contributed by atoms with Gasteiger partial charge in [0.15, 0.2) is 5.75 Å². The molecular weight excluding hydrogens is 318 g/mol. The number of ether oxygens (including phenoxy) is 1. The molecule has 2 heterocycles. The topological polar surface area (TPSA) is 147 Å². The molecule has 0 fully saturated rings. The first-order chi connectivity index (χ1) is 11.6. The molecule has 0 saturated carbocycles. The van der Waals surface area contributed by atoms with E-state index < -0.39 is 4.92 Å². The molecule has 2 aromatic heterocycles. The van der Waals surface area contributed by atoms with Crippen LogP contribution in [-0.4, -0.2) is 38.6 Å². The number of nitro benzene ring substituents is 1. The predicted octanol–water partition coefficient (Wildman–Crippen LogP) is 1.31. The van der Waals surface area contributed by atoms with Gasteiger partial charge in [0.25, 0.3) is 5.95 Å². The van der Waals surface area contributed by atoms with Crippen molar-refractivity contribution in [2.75, 3.05) is 12.8 Å². The normalized spacial score (nSPS) is 11.0. The van der Waals surface area contributed by atoms with E-state index in [2.05, 4.69) is 20.6 Å². The minimum Gasteiger partial charge on any atom is -0.490 e. The molecule has 122 valence electrons. The number of hydrogen-bond acceptors (Lipinski definition) is 9. The number of rotatable bonds is 5. The van der Waals surface area contributed by atoms with E-state index >= 15 is 0 Å². The van der Waals surface area contributed by atoms with Gasteiger partial charge in [-0.3, -0.25) is 10.1 Å². The molecule has 24 heavy (non-hydrogen) atoms. The number of nitrogens with two attached hydrogens (primary N) is 1. The van der Waals surface area contributed by atoms with Gasteiger partial charge in [0.1, 0.15) is 11.5 Å². The molecule has 0 amide bonds. The quantitative estimate of drug-likeness (QED) is 0.418. The summed E-state index contributed by atoms with van der Waals surface area (Å²) in [5.41, 5.74) is 5.86. The Morgan fingerprint density at radius 3 is 2.92 bits per heavy atom. The van der Waals surface area contributed by atoms with E-state index in [1.165, 1.54) is 25.5 Å². The summed E-state index contributed by atoms with van der Waals surface area (Å²) in [4.78, 5) is 11.6. The van der Waals surface area contributed by atoms with E-state index in [1.807, 2.05) is 0 Å². The fraction of sp³-hybridized carbons (Fsp3) is 0.0769. The SMILES string of the molecule is COc1ccc(-c2ccc(/C=N\n3nnnc3N)o2)cc1[N+](=O)[O-]. The third-order valence-electron chi connectivity index (χ3n) is 3.06. The predicted molar refractivity (Wildman–Crippen MR) is 82.6 cm³/mol. The van der Waals surface area contributed by atoms with E-state index in [9.17, 15) is 10.1 Å². The lowest BCUT2D eigenvalue weighted by Gasteiger charge is -2.03. The fourth-order valence-corrected chi connectivity index (χ4v) is 1.95. The number of nitro groups is 1. The molecule has 0 aliphatic carbocycles. The highest BCUT2D eigenvalue weighted by molar-refractivity contribution is 5.77. The summed E-state index contributed by atoms with van der Waals surface area (Å²) in [5, 5.41) is 25.4. The first-order valence-corrected chi connectivity index (χ1v) is 6.59. The Kier molecular flexibility index (Phi) is 3.89. The summed E-state index contributed by atoms with van der Waals surface area (Å²) < 4.78 is 10.5. The van der Waals surface area contributed by atoms with Crippen molar-refractivity contribution < 1.29 is 14.1 Å². The molecule has 11 heteroatoms. The van der Waals surface area contributed by atoms with Gasteiger partial charge in [-0.2, -0.15) is 5.10 Å². The van der Waals surface area contributed by atoms with E-state index in [1.54, 1.807) is 18.2 Å². The van der Waals surface area contributed by atoms with Crippen molar-refractivity contribution in [3.05, 3.63) is 46.2 Å². The molecule has 0 unspecified atom stereocenters. The van der Waals surface area contributed by atoms with Crippen LogP contribution in [0.25, 0.3) is 11.3 Å². The standard InChI is InChI=1S/C13H11N7O4/c1-23-12-4-2-8(6-10(12)20(21)22)11-5-3-9(24-11)7-15-19-13(14)16-17-18-19/h2-7H,1H3,(H2,14,16,18)/b15-7-. The Hall–Kier alpha value is -3.76. The van der Waals surface area contributed by atoms with E-state index in [4.69, 9.17) is 14.9 Å². The maximum atomic E-state index is 11.1. The third-order valence-corrected chi connectivity index (χ3v) is 3.06. The van der Waals surface area contributed by atoms with E-state index in [0.29, 0.717) is 17.1 Å². The van der Waals surface area contributed by atoms with Crippen molar-refractivity contribution in [3.63, 3.8) is 0 Å². The number of benzene rings is 1. The molecule has 0 aliphatic heterocycles. The van der Waals surface area contributed by atoms with Gasteiger partial charge in [-0.05, 0) is 34.7 Å². The molecular formula is C13H11N7O4. The minimum absolute atomic E-state index is 0.0313. The van der Waals surface area contributed by atoms with Crippen LogP contribution in [0.2, 0.25) is 0 Å². The maximum Gasteiger partial charge on any atom is 0.311 e. The maximum absolute atomic E-state index is 11.1. The van der Waals surface area contributed by atoms with Crippen molar-refractivity contribution in [3.8, 4) is 17.1 Å². The van der Waals surface area contributed by atoms with Gasteiger partial charge in [-0.1, -0.05) is 9.89 Å². The lowest BCUT2D eigenvalue weighted by atomic mass is 10.1. The highest BCUT2D eigenvalue weighted by Gasteiger charge is 2.17. The zero-order valence-corrected chi connectivity index (χ0v) is 12.4. The molecule has 11 nitrogen and oxygen atoms in total. The number of nitrogen functional groups attached to an aromatic ring is 1. The second kappa shape index (κ2) is 6.16. The Labute approximate surface area is 134 Å². The largest absolute Gasteiger partial charge is 0.490 e. The monoisotopic (exact) mass is 329 g/mol. The van der Waals surface area contributed by atoms with Crippen molar-refractivity contribution >= 4 is 17.9 Å².